The molecule has 21 heavy (non-hydrogen) atoms. The standard InChI is InChI=1S/C15H23ClN2O2S/c1-3-18(15-6-4-13(2)5-7-15)21(19,20)17-10-8-14(12-16)9-11-17/h4-7,14H,3,8-12H2,1-2H3. The summed E-state index contributed by atoms with van der Waals surface area (Å²) in [6, 6.07) is 7.60. The van der Waals surface area contributed by atoms with Crippen LogP contribution in [0.2, 0.25) is 0 Å². The Kier molecular flexibility index (Phi) is 5.52. The number of nitrogens with zero attached hydrogens (tertiary/aromatic N) is 2. The van der Waals surface area contributed by atoms with Crippen LogP contribution in [-0.2, 0) is 10.2 Å². The zero-order valence-corrected chi connectivity index (χ0v) is 14.2. The van der Waals surface area contributed by atoms with E-state index in [2.05, 4.69) is 0 Å². The van der Waals surface area contributed by atoms with E-state index in [1.165, 1.54) is 4.31 Å². The van der Waals surface area contributed by atoms with Crippen LogP contribution in [-0.4, -0.2) is 38.2 Å². The summed E-state index contributed by atoms with van der Waals surface area (Å²) in [5, 5.41) is 0. The molecule has 1 heterocycles. The number of halogens is 1. The van der Waals surface area contributed by atoms with Crippen LogP contribution < -0.4 is 4.31 Å². The second kappa shape index (κ2) is 6.99. The molecule has 0 N–H and O–H groups in total. The lowest BCUT2D eigenvalue weighted by molar-refractivity contribution is 0.289. The van der Waals surface area contributed by atoms with Gasteiger partial charge in [-0.1, -0.05) is 17.7 Å². The van der Waals surface area contributed by atoms with Crippen molar-refractivity contribution in [1.29, 1.82) is 0 Å². The van der Waals surface area contributed by atoms with E-state index < -0.39 is 10.2 Å². The number of hydrogen-bond acceptors (Lipinski definition) is 2. The van der Waals surface area contributed by atoms with Crippen LogP contribution in [0.25, 0.3) is 0 Å². The lowest BCUT2D eigenvalue weighted by Gasteiger charge is -2.35. The Morgan fingerprint density at radius 3 is 2.29 bits per heavy atom. The third-order valence-electron chi connectivity index (χ3n) is 4.01. The Bertz CT molecular complexity index is 552. The van der Waals surface area contributed by atoms with Crippen molar-refractivity contribution in [3.63, 3.8) is 0 Å². The number of hydrogen-bond donors (Lipinski definition) is 0. The van der Waals surface area contributed by atoms with Crippen LogP contribution in [0.1, 0.15) is 25.3 Å². The summed E-state index contributed by atoms with van der Waals surface area (Å²) in [4.78, 5) is 0. The highest BCUT2D eigenvalue weighted by atomic mass is 35.5. The number of piperidine rings is 1. The van der Waals surface area contributed by atoms with Gasteiger partial charge in [-0.15, -0.1) is 11.6 Å². The highest BCUT2D eigenvalue weighted by Gasteiger charge is 2.32. The van der Waals surface area contributed by atoms with Gasteiger partial charge in [-0.25, -0.2) is 0 Å². The van der Waals surface area contributed by atoms with Gasteiger partial charge in [-0.2, -0.15) is 12.7 Å². The first-order chi connectivity index (χ1) is 9.98. The van der Waals surface area contributed by atoms with Gasteiger partial charge in [0.1, 0.15) is 0 Å². The third kappa shape index (κ3) is 3.71. The molecule has 1 aliphatic heterocycles. The van der Waals surface area contributed by atoms with Gasteiger partial charge in [0.05, 0.1) is 5.69 Å². The van der Waals surface area contributed by atoms with Gasteiger partial charge in [-0.05, 0) is 44.7 Å². The largest absolute Gasteiger partial charge is 0.304 e. The average molecular weight is 331 g/mol. The van der Waals surface area contributed by atoms with Crippen molar-refractivity contribution < 1.29 is 8.42 Å². The highest BCUT2D eigenvalue weighted by Crippen LogP contribution is 2.25. The Balaban J connectivity index is 2.18. The SMILES string of the molecule is CCN(c1ccc(C)cc1)S(=O)(=O)N1CCC(CCl)CC1. The molecule has 0 saturated carbocycles. The van der Waals surface area contributed by atoms with Gasteiger partial charge < -0.3 is 0 Å². The Morgan fingerprint density at radius 2 is 1.81 bits per heavy atom. The smallest absolute Gasteiger partial charge is 0.258 e. The number of rotatable bonds is 5. The number of aryl methyl sites for hydroxylation is 1. The molecule has 1 aromatic rings. The first-order valence-corrected chi connectivity index (χ1v) is 9.32. The van der Waals surface area contributed by atoms with E-state index in [1.54, 1.807) is 4.31 Å². The third-order valence-corrected chi connectivity index (χ3v) is 6.49. The molecule has 0 radical (unpaired) electrons. The van der Waals surface area contributed by atoms with Gasteiger partial charge in [0.2, 0.25) is 0 Å². The molecule has 1 fully saturated rings. The lowest BCUT2D eigenvalue weighted by atomic mass is 10.0. The Hall–Kier alpha value is -0.780. The first kappa shape index (κ1) is 16.6. The van der Waals surface area contributed by atoms with E-state index in [0.717, 1.165) is 24.1 Å². The molecule has 0 unspecified atom stereocenters. The molecule has 6 heteroatoms. The van der Waals surface area contributed by atoms with Crippen molar-refractivity contribution in [2.75, 3.05) is 29.8 Å². The van der Waals surface area contributed by atoms with Gasteiger partial charge in [0, 0.05) is 25.5 Å². The van der Waals surface area contributed by atoms with Crippen molar-refractivity contribution in [2.24, 2.45) is 5.92 Å². The monoisotopic (exact) mass is 330 g/mol. The molecule has 0 aromatic heterocycles. The van der Waals surface area contributed by atoms with Crippen molar-refractivity contribution in [3.8, 4) is 0 Å². The molecule has 0 aliphatic carbocycles. The van der Waals surface area contributed by atoms with Crippen LogP contribution in [0.4, 0.5) is 5.69 Å². The summed E-state index contributed by atoms with van der Waals surface area (Å²) in [7, 11) is -3.45. The molecule has 1 saturated heterocycles. The highest BCUT2D eigenvalue weighted by molar-refractivity contribution is 7.90. The quantitative estimate of drug-likeness (QED) is 0.779. The van der Waals surface area contributed by atoms with Gasteiger partial charge in [0.25, 0.3) is 0 Å². The maximum atomic E-state index is 12.8. The minimum Gasteiger partial charge on any atom is -0.258 e. The van der Waals surface area contributed by atoms with Gasteiger partial charge in [0.15, 0.2) is 0 Å². The van der Waals surface area contributed by atoms with Crippen molar-refractivity contribution in [2.45, 2.75) is 26.7 Å². The fourth-order valence-corrected chi connectivity index (χ4v) is 4.60. The van der Waals surface area contributed by atoms with Crippen LogP contribution in [0.3, 0.4) is 0 Å². The lowest BCUT2D eigenvalue weighted by Crippen LogP contribution is -2.47. The van der Waals surface area contributed by atoms with E-state index in [4.69, 9.17) is 11.6 Å². The number of alkyl halides is 1. The van der Waals surface area contributed by atoms with Crippen LogP contribution in [0.5, 0.6) is 0 Å². The summed E-state index contributed by atoms with van der Waals surface area (Å²) in [5.74, 6) is 1.05. The van der Waals surface area contributed by atoms with E-state index in [-0.39, 0.29) is 0 Å². The molecule has 1 aliphatic rings. The average Bonchev–Trinajstić information content (AvgIpc) is 2.50. The Labute approximate surface area is 132 Å². The molecule has 0 bridgehead atoms. The maximum Gasteiger partial charge on any atom is 0.304 e. The predicted octanol–water partition coefficient (Wildman–Crippen LogP) is 3.02. The fraction of sp³-hybridized carbons (Fsp3) is 0.600. The number of anilines is 1. The second-order valence-corrected chi connectivity index (χ2v) is 7.67. The van der Waals surface area contributed by atoms with Gasteiger partial charge >= 0.3 is 10.2 Å². The van der Waals surface area contributed by atoms with E-state index >= 15 is 0 Å². The minimum atomic E-state index is -3.45. The molecular formula is C15H23ClN2O2S. The fourth-order valence-electron chi connectivity index (χ4n) is 2.62. The first-order valence-electron chi connectivity index (χ1n) is 7.39. The normalized spacial score (nSPS) is 17.9. The van der Waals surface area contributed by atoms with Crippen molar-refractivity contribution in [3.05, 3.63) is 29.8 Å². The number of benzene rings is 1. The summed E-state index contributed by atoms with van der Waals surface area (Å²) in [5.41, 5.74) is 1.85. The molecular weight excluding hydrogens is 308 g/mol. The second-order valence-electron chi connectivity index (χ2n) is 5.50. The molecule has 2 rings (SSSR count). The summed E-state index contributed by atoms with van der Waals surface area (Å²) >= 11 is 5.86. The van der Waals surface area contributed by atoms with E-state index in [9.17, 15) is 8.42 Å². The molecule has 1 aromatic carbocycles. The zero-order valence-electron chi connectivity index (χ0n) is 12.6. The maximum absolute atomic E-state index is 12.8. The Morgan fingerprint density at radius 1 is 1.24 bits per heavy atom. The molecule has 0 amide bonds. The predicted molar refractivity (Wildman–Crippen MR) is 88.1 cm³/mol. The van der Waals surface area contributed by atoms with Crippen LogP contribution >= 0.6 is 11.6 Å². The molecule has 0 atom stereocenters. The molecule has 118 valence electrons. The van der Waals surface area contributed by atoms with Crippen molar-refractivity contribution >= 4 is 27.5 Å². The topological polar surface area (TPSA) is 40.6 Å². The summed E-state index contributed by atoms with van der Waals surface area (Å²) in [6.45, 7) is 5.40. The van der Waals surface area contributed by atoms with Crippen LogP contribution in [0, 0.1) is 12.8 Å². The van der Waals surface area contributed by atoms with E-state index in [0.29, 0.717) is 31.4 Å². The zero-order chi connectivity index (χ0) is 15.5. The molecule has 0 spiro atoms. The summed E-state index contributed by atoms with van der Waals surface area (Å²) in [6.07, 6.45) is 1.68. The summed E-state index contributed by atoms with van der Waals surface area (Å²) < 4.78 is 28.7. The molecule has 4 nitrogen and oxygen atoms in total. The van der Waals surface area contributed by atoms with Crippen molar-refractivity contribution in [1.82, 2.24) is 4.31 Å². The van der Waals surface area contributed by atoms with E-state index in [1.807, 2.05) is 38.1 Å². The van der Waals surface area contributed by atoms with Gasteiger partial charge in [-0.3, -0.25) is 4.31 Å². The van der Waals surface area contributed by atoms with Crippen LogP contribution in [0.15, 0.2) is 24.3 Å². The minimum absolute atomic E-state index is 0.431.